The molecule has 3 rings (SSSR count). The minimum absolute atomic E-state index is 0.320. The first-order chi connectivity index (χ1) is 10.0. The Morgan fingerprint density at radius 3 is 2.81 bits per heavy atom. The molecule has 1 N–H and O–H groups in total. The van der Waals surface area contributed by atoms with E-state index in [-0.39, 0.29) is 0 Å². The van der Waals surface area contributed by atoms with Crippen molar-refractivity contribution in [1.29, 1.82) is 0 Å². The number of nitrogens with one attached hydrogen (secondary N) is 1. The van der Waals surface area contributed by atoms with Gasteiger partial charge in [0.05, 0.1) is 5.52 Å². The van der Waals surface area contributed by atoms with Gasteiger partial charge in [-0.2, -0.15) is 0 Å². The second-order valence-corrected chi connectivity index (χ2v) is 4.57. The highest BCUT2D eigenvalue weighted by atomic mass is 19.1. The van der Waals surface area contributed by atoms with Crippen molar-refractivity contribution in [2.45, 2.75) is 0 Å². The second kappa shape index (κ2) is 4.90. The molecule has 0 saturated heterocycles. The van der Waals surface area contributed by atoms with Gasteiger partial charge in [0.2, 0.25) is 0 Å². The summed E-state index contributed by atoms with van der Waals surface area (Å²) < 4.78 is 19.4. The van der Waals surface area contributed by atoms with Crippen LogP contribution in [-0.2, 0) is 7.05 Å². The van der Waals surface area contributed by atoms with Crippen molar-refractivity contribution < 1.29 is 13.6 Å². The highest BCUT2D eigenvalue weighted by Gasteiger charge is 2.11. The average molecular weight is 286 g/mol. The highest BCUT2D eigenvalue weighted by molar-refractivity contribution is 6.05. The maximum Gasteiger partial charge on any atom is 0.419 e. The molecule has 1 aromatic heterocycles. The maximum atomic E-state index is 13.1. The molecule has 5 nitrogen and oxygen atoms in total. The van der Waals surface area contributed by atoms with Crippen molar-refractivity contribution in [2.24, 2.45) is 7.05 Å². The van der Waals surface area contributed by atoms with Gasteiger partial charge in [0.25, 0.3) is 5.91 Å². The predicted molar refractivity (Wildman–Crippen MR) is 75.8 cm³/mol. The summed E-state index contributed by atoms with van der Waals surface area (Å²) in [6.07, 6.45) is 0. The van der Waals surface area contributed by atoms with Crippen molar-refractivity contribution in [3.05, 3.63) is 64.4 Å². The van der Waals surface area contributed by atoms with Gasteiger partial charge in [-0.05, 0) is 36.4 Å². The van der Waals surface area contributed by atoms with Crippen LogP contribution in [0.3, 0.4) is 0 Å². The highest BCUT2D eigenvalue weighted by Crippen LogP contribution is 2.16. The second-order valence-electron chi connectivity index (χ2n) is 4.57. The maximum absolute atomic E-state index is 13.1. The van der Waals surface area contributed by atoms with E-state index in [0.29, 0.717) is 22.4 Å². The zero-order valence-electron chi connectivity index (χ0n) is 11.1. The number of aromatic nitrogens is 1. The number of carbonyl (C=O) groups excluding carboxylic acids is 1. The summed E-state index contributed by atoms with van der Waals surface area (Å²) >= 11 is 0. The van der Waals surface area contributed by atoms with Gasteiger partial charge in [-0.15, -0.1) is 0 Å². The van der Waals surface area contributed by atoms with Gasteiger partial charge in [0, 0.05) is 18.3 Å². The number of halogens is 1. The fourth-order valence-electron chi connectivity index (χ4n) is 2.04. The van der Waals surface area contributed by atoms with Crippen LogP contribution < -0.4 is 11.1 Å². The standard InChI is InChI=1S/C15H11FN2O3/c1-18-12-6-5-9(7-13(12)21-15(18)20)14(19)17-11-4-2-3-10(16)8-11/h2-8H,1H3,(H,17,19). The third-order valence-electron chi connectivity index (χ3n) is 3.14. The third kappa shape index (κ3) is 2.43. The minimum Gasteiger partial charge on any atom is -0.408 e. The zero-order valence-corrected chi connectivity index (χ0v) is 11.1. The van der Waals surface area contributed by atoms with E-state index in [9.17, 15) is 14.0 Å². The number of rotatable bonds is 2. The number of nitrogens with zero attached hydrogens (tertiary/aromatic N) is 1. The van der Waals surface area contributed by atoms with Crippen LogP contribution in [0.25, 0.3) is 11.1 Å². The normalized spacial score (nSPS) is 10.8. The number of hydrogen-bond acceptors (Lipinski definition) is 3. The molecule has 0 spiro atoms. The Bertz CT molecular complexity index is 895. The van der Waals surface area contributed by atoms with Gasteiger partial charge in [-0.1, -0.05) is 6.07 Å². The lowest BCUT2D eigenvalue weighted by Crippen LogP contribution is -2.12. The molecular formula is C15H11FN2O3. The predicted octanol–water partition coefficient (Wildman–Crippen LogP) is 2.52. The van der Waals surface area contributed by atoms with Crippen LogP contribution in [0.2, 0.25) is 0 Å². The van der Waals surface area contributed by atoms with E-state index in [2.05, 4.69) is 5.32 Å². The molecule has 0 aliphatic carbocycles. The molecule has 0 aliphatic rings. The molecule has 2 aromatic carbocycles. The van der Waals surface area contributed by atoms with Crippen LogP contribution in [0, 0.1) is 5.82 Å². The van der Waals surface area contributed by atoms with E-state index < -0.39 is 17.5 Å². The summed E-state index contributed by atoms with van der Waals surface area (Å²) in [4.78, 5) is 23.5. The van der Waals surface area contributed by atoms with Crippen molar-refractivity contribution in [1.82, 2.24) is 4.57 Å². The van der Waals surface area contributed by atoms with Crippen LogP contribution >= 0.6 is 0 Å². The van der Waals surface area contributed by atoms with Crippen LogP contribution in [-0.4, -0.2) is 10.5 Å². The van der Waals surface area contributed by atoms with Crippen molar-refractivity contribution >= 4 is 22.7 Å². The SMILES string of the molecule is Cn1c(=O)oc2cc(C(=O)Nc3cccc(F)c3)ccc21. The fraction of sp³-hybridized carbons (Fsp3) is 0.0667. The largest absolute Gasteiger partial charge is 0.419 e. The number of oxazole rings is 1. The molecule has 6 heteroatoms. The smallest absolute Gasteiger partial charge is 0.408 e. The Labute approximate surface area is 118 Å². The topological polar surface area (TPSA) is 64.2 Å². The molecule has 0 bridgehead atoms. The van der Waals surface area contributed by atoms with E-state index in [1.54, 1.807) is 25.2 Å². The Kier molecular flexibility index (Phi) is 3.06. The van der Waals surface area contributed by atoms with E-state index in [4.69, 9.17) is 4.42 Å². The minimum atomic E-state index is -0.493. The van der Waals surface area contributed by atoms with Crippen LogP contribution in [0.5, 0.6) is 0 Å². The van der Waals surface area contributed by atoms with Crippen LogP contribution in [0.4, 0.5) is 10.1 Å². The van der Waals surface area contributed by atoms with Crippen molar-refractivity contribution in [3.63, 3.8) is 0 Å². The lowest BCUT2D eigenvalue weighted by Gasteiger charge is -2.05. The molecular weight excluding hydrogens is 275 g/mol. The summed E-state index contributed by atoms with van der Waals surface area (Å²) in [7, 11) is 1.58. The monoisotopic (exact) mass is 286 g/mol. The van der Waals surface area contributed by atoms with Gasteiger partial charge in [-0.3, -0.25) is 9.36 Å². The van der Waals surface area contributed by atoms with Crippen molar-refractivity contribution in [2.75, 3.05) is 5.32 Å². The van der Waals surface area contributed by atoms with E-state index in [1.165, 1.54) is 28.8 Å². The number of fused-ring (bicyclic) bond motifs is 1. The Morgan fingerprint density at radius 2 is 2.05 bits per heavy atom. The number of anilines is 1. The molecule has 0 fully saturated rings. The van der Waals surface area contributed by atoms with E-state index in [0.717, 1.165) is 0 Å². The van der Waals surface area contributed by atoms with Crippen LogP contribution in [0.15, 0.2) is 51.7 Å². The Balaban J connectivity index is 1.93. The number of carbonyl (C=O) groups is 1. The molecule has 0 unspecified atom stereocenters. The number of hydrogen-bond donors (Lipinski definition) is 1. The summed E-state index contributed by atoms with van der Waals surface area (Å²) in [5.74, 6) is -1.33. The summed E-state index contributed by atoms with van der Waals surface area (Å²) in [5.41, 5.74) is 1.60. The Morgan fingerprint density at radius 1 is 1.24 bits per heavy atom. The first-order valence-corrected chi connectivity index (χ1v) is 6.21. The van der Waals surface area contributed by atoms with Gasteiger partial charge < -0.3 is 9.73 Å². The van der Waals surface area contributed by atoms with Gasteiger partial charge in [0.1, 0.15) is 5.82 Å². The summed E-state index contributed by atoms with van der Waals surface area (Å²) in [6, 6.07) is 10.3. The first kappa shape index (κ1) is 13.1. The van der Waals surface area contributed by atoms with Crippen molar-refractivity contribution in [3.8, 4) is 0 Å². The Hall–Kier alpha value is -2.89. The van der Waals surface area contributed by atoms with E-state index >= 15 is 0 Å². The molecule has 1 amide bonds. The molecule has 0 aliphatic heterocycles. The molecule has 3 aromatic rings. The van der Waals surface area contributed by atoms with Gasteiger partial charge in [-0.25, -0.2) is 9.18 Å². The molecule has 106 valence electrons. The zero-order chi connectivity index (χ0) is 15.0. The van der Waals surface area contributed by atoms with Crippen LogP contribution in [0.1, 0.15) is 10.4 Å². The fourth-order valence-corrected chi connectivity index (χ4v) is 2.04. The summed E-state index contributed by atoms with van der Waals surface area (Å²) in [6.45, 7) is 0. The quantitative estimate of drug-likeness (QED) is 0.787. The molecule has 0 radical (unpaired) electrons. The molecule has 21 heavy (non-hydrogen) atoms. The number of benzene rings is 2. The van der Waals surface area contributed by atoms with Gasteiger partial charge >= 0.3 is 5.76 Å². The lowest BCUT2D eigenvalue weighted by atomic mass is 10.2. The number of amides is 1. The molecule has 1 heterocycles. The van der Waals surface area contributed by atoms with E-state index in [1.807, 2.05) is 0 Å². The molecule has 0 atom stereocenters. The molecule has 0 saturated carbocycles. The van der Waals surface area contributed by atoms with Gasteiger partial charge in [0.15, 0.2) is 5.58 Å². The lowest BCUT2D eigenvalue weighted by molar-refractivity contribution is 0.102. The number of aryl methyl sites for hydroxylation is 1. The first-order valence-electron chi connectivity index (χ1n) is 6.21. The average Bonchev–Trinajstić information content (AvgIpc) is 2.73. The third-order valence-corrected chi connectivity index (χ3v) is 3.14. The summed E-state index contributed by atoms with van der Waals surface area (Å²) in [5, 5.41) is 2.58.